The molecule has 4 nitrogen and oxygen atoms in total. The van der Waals surface area contributed by atoms with Crippen molar-refractivity contribution < 1.29 is 4.42 Å². The molecular weight excluding hydrogens is 767 g/mol. The Balaban J connectivity index is 1.06. The van der Waals surface area contributed by atoms with E-state index in [-0.39, 0.29) is 5.41 Å². The van der Waals surface area contributed by atoms with Crippen LogP contribution in [-0.4, -0.2) is 14.5 Å². The number of para-hydroxylation sites is 4. The Morgan fingerprint density at radius 3 is 1.95 bits per heavy atom. The third-order valence-electron chi connectivity index (χ3n) is 13.4. The van der Waals surface area contributed by atoms with Crippen LogP contribution in [0.25, 0.3) is 116 Å². The monoisotopic (exact) mass is 805 g/mol. The average molecular weight is 806 g/mol. The molecule has 0 aliphatic heterocycles. The third kappa shape index (κ3) is 5.34. The van der Waals surface area contributed by atoms with Gasteiger partial charge in [0.05, 0.1) is 22.2 Å². The molecule has 12 aromatic rings. The molecule has 0 bridgehead atoms. The van der Waals surface area contributed by atoms with Crippen LogP contribution in [0.1, 0.15) is 25.0 Å². The largest absolute Gasteiger partial charge is 0.455 e. The fraction of sp³-hybridized carbons (Fsp3) is 0.0508. The second-order valence-electron chi connectivity index (χ2n) is 17.3. The Morgan fingerprint density at radius 1 is 0.413 bits per heavy atom. The van der Waals surface area contributed by atoms with Crippen LogP contribution in [0.15, 0.2) is 205 Å². The van der Waals surface area contributed by atoms with Crippen molar-refractivity contribution >= 4 is 54.6 Å². The Kier molecular flexibility index (Phi) is 7.62. The number of benzene rings is 9. The summed E-state index contributed by atoms with van der Waals surface area (Å²) < 4.78 is 8.84. The van der Waals surface area contributed by atoms with Gasteiger partial charge in [-0.05, 0) is 80.9 Å². The fourth-order valence-electron chi connectivity index (χ4n) is 10.4. The first-order valence-corrected chi connectivity index (χ1v) is 21.7. The van der Waals surface area contributed by atoms with Crippen molar-refractivity contribution in [3.8, 4) is 61.7 Å². The number of fused-ring (bicyclic) bond motifs is 10. The SMILES string of the molecule is CC1(C)c2ccccc2-c2cc(-c3cccc(-c4cccc5c6cc(-c7cccc8c7oc7ccccc78)ccc6n(-c6nc(-c7ccccc7)c7ccccc7n6)c45)c3)ccc21. The van der Waals surface area contributed by atoms with Gasteiger partial charge in [0, 0.05) is 49.0 Å². The summed E-state index contributed by atoms with van der Waals surface area (Å²) in [4.78, 5) is 10.8. The first-order chi connectivity index (χ1) is 31.0. The van der Waals surface area contributed by atoms with Gasteiger partial charge in [-0.1, -0.05) is 178 Å². The summed E-state index contributed by atoms with van der Waals surface area (Å²) in [6.07, 6.45) is 0. The first-order valence-electron chi connectivity index (χ1n) is 21.7. The van der Waals surface area contributed by atoms with E-state index in [1.807, 2.05) is 18.2 Å². The van der Waals surface area contributed by atoms with Gasteiger partial charge in [0.1, 0.15) is 11.2 Å². The summed E-state index contributed by atoms with van der Waals surface area (Å²) in [6, 6.07) is 71.8. The quantitative estimate of drug-likeness (QED) is 0.174. The first kappa shape index (κ1) is 35.7. The van der Waals surface area contributed by atoms with Crippen molar-refractivity contribution in [2.75, 3.05) is 0 Å². The minimum absolute atomic E-state index is 0.0426. The summed E-state index contributed by atoms with van der Waals surface area (Å²) >= 11 is 0. The molecule has 1 aliphatic carbocycles. The van der Waals surface area contributed by atoms with Crippen LogP contribution in [0.3, 0.4) is 0 Å². The van der Waals surface area contributed by atoms with Crippen molar-refractivity contribution in [2.24, 2.45) is 0 Å². The van der Waals surface area contributed by atoms with Crippen molar-refractivity contribution in [1.82, 2.24) is 14.5 Å². The van der Waals surface area contributed by atoms with Gasteiger partial charge in [-0.2, -0.15) is 0 Å². The van der Waals surface area contributed by atoms with Gasteiger partial charge in [0.15, 0.2) is 0 Å². The molecule has 3 aromatic heterocycles. The molecule has 0 radical (unpaired) electrons. The highest BCUT2D eigenvalue weighted by atomic mass is 16.3. The topological polar surface area (TPSA) is 43.9 Å². The molecule has 4 heteroatoms. The summed E-state index contributed by atoms with van der Waals surface area (Å²) in [7, 11) is 0. The van der Waals surface area contributed by atoms with Gasteiger partial charge in [0.2, 0.25) is 5.95 Å². The average Bonchev–Trinajstić information content (AvgIpc) is 3.96. The zero-order chi connectivity index (χ0) is 41.8. The summed E-state index contributed by atoms with van der Waals surface area (Å²) in [5.41, 5.74) is 18.8. The maximum absolute atomic E-state index is 6.56. The Morgan fingerprint density at radius 2 is 1.05 bits per heavy atom. The van der Waals surface area contributed by atoms with Gasteiger partial charge >= 0.3 is 0 Å². The van der Waals surface area contributed by atoms with E-state index in [0.29, 0.717) is 5.95 Å². The van der Waals surface area contributed by atoms with Gasteiger partial charge in [0.25, 0.3) is 0 Å². The van der Waals surface area contributed by atoms with Gasteiger partial charge in [-0.15, -0.1) is 0 Å². The lowest BCUT2D eigenvalue weighted by molar-refractivity contribution is 0.660. The highest BCUT2D eigenvalue weighted by Gasteiger charge is 2.35. The molecule has 296 valence electrons. The zero-order valence-electron chi connectivity index (χ0n) is 34.8. The Labute approximate surface area is 364 Å². The smallest absolute Gasteiger partial charge is 0.235 e. The van der Waals surface area contributed by atoms with Gasteiger partial charge in [-0.25, -0.2) is 9.97 Å². The standard InChI is InChI=1S/C59H39N3O/c1-59(2)50-26-9-6-19-43(50)48-34-38(29-31-51(48)59)37-17-12-18-39(33-37)41-22-13-24-45-49-35-40(42-23-14-25-46-44-20-8-11-28-54(44)63-57(42)46)30-32-53(49)62(56(41)45)58-60-52-27-10-7-21-47(52)55(61-58)36-15-4-3-5-16-36/h3-35H,1-2H3. The van der Waals surface area contributed by atoms with E-state index in [4.69, 9.17) is 14.4 Å². The predicted octanol–water partition coefficient (Wildman–Crippen LogP) is 15.6. The van der Waals surface area contributed by atoms with Crippen LogP contribution in [-0.2, 0) is 5.41 Å². The number of furan rings is 1. The number of rotatable bonds is 5. The van der Waals surface area contributed by atoms with Crippen LogP contribution in [0.5, 0.6) is 0 Å². The highest BCUT2D eigenvalue weighted by Crippen LogP contribution is 2.50. The molecule has 0 atom stereocenters. The van der Waals surface area contributed by atoms with Crippen LogP contribution in [0, 0.1) is 0 Å². The minimum Gasteiger partial charge on any atom is -0.455 e. The predicted molar refractivity (Wildman–Crippen MR) is 260 cm³/mol. The van der Waals surface area contributed by atoms with Crippen molar-refractivity contribution in [3.05, 3.63) is 211 Å². The van der Waals surface area contributed by atoms with E-state index < -0.39 is 0 Å². The second-order valence-corrected chi connectivity index (χ2v) is 17.3. The van der Waals surface area contributed by atoms with E-state index >= 15 is 0 Å². The molecule has 0 unspecified atom stereocenters. The molecule has 1 aliphatic rings. The second kappa shape index (κ2) is 13.5. The highest BCUT2D eigenvalue weighted by molar-refractivity contribution is 6.16. The third-order valence-corrected chi connectivity index (χ3v) is 13.4. The molecule has 0 amide bonds. The van der Waals surface area contributed by atoms with Crippen LogP contribution in [0.2, 0.25) is 0 Å². The zero-order valence-corrected chi connectivity index (χ0v) is 34.8. The van der Waals surface area contributed by atoms with Crippen molar-refractivity contribution in [3.63, 3.8) is 0 Å². The molecule has 13 rings (SSSR count). The lowest BCUT2D eigenvalue weighted by Gasteiger charge is -2.21. The van der Waals surface area contributed by atoms with Crippen molar-refractivity contribution in [2.45, 2.75) is 19.3 Å². The lowest BCUT2D eigenvalue weighted by Crippen LogP contribution is -2.14. The maximum Gasteiger partial charge on any atom is 0.235 e. The molecule has 3 heterocycles. The molecule has 0 fully saturated rings. The van der Waals surface area contributed by atoms with Crippen LogP contribution in [0.4, 0.5) is 0 Å². The van der Waals surface area contributed by atoms with E-state index in [1.165, 1.54) is 33.4 Å². The Hall–Kier alpha value is -8.08. The minimum atomic E-state index is -0.0426. The summed E-state index contributed by atoms with van der Waals surface area (Å²) in [6.45, 7) is 4.67. The summed E-state index contributed by atoms with van der Waals surface area (Å²) in [5.74, 6) is 0.628. The molecule has 63 heavy (non-hydrogen) atoms. The number of aromatic nitrogens is 3. The van der Waals surface area contributed by atoms with E-state index in [0.717, 1.165) is 88.2 Å². The normalized spacial score (nSPS) is 13.0. The van der Waals surface area contributed by atoms with Crippen LogP contribution < -0.4 is 0 Å². The molecular formula is C59H39N3O. The Bertz CT molecular complexity index is 3830. The van der Waals surface area contributed by atoms with E-state index in [2.05, 4.69) is 200 Å². The number of nitrogens with zero attached hydrogens (tertiary/aromatic N) is 3. The molecule has 0 spiro atoms. The van der Waals surface area contributed by atoms with Gasteiger partial charge < -0.3 is 4.42 Å². The maximum atomic E-state index is 6.56. The van der Waals surface area contributed by atoms with E-state index in [1.54, 1.807) is 0 Å². The summed E-state index contributed by atoms with van der Waals surface area (Å²) in [5, 5.41) is 5.49. The fourth-order valence-corrected chi connectivity index (χ4v) is 10.4. The molecule has 0 saturated carbocycles. The van der Waals surface area contributed by atoms with Crippen molar-refractivity contribution in [1.29, 1.82) is 0 Å². The molecule has 0 N–H and O–H groups in total. The molecule has 0 saturated heterocycles. The van der Waals surface area contributed by atoms with Gasteiger partial charge in [-0.3, -0.25) is 4.57 Å². The number of hydrogen-bond acceptors (Lipinski definition) is 3. The number of hydrogen-bond donors (Lipinski definition) is 0. The lowest BCUT2D eigenvalue weighted by atomic mass is 9.82. The molecule has 9 aromatic carbocycles. The van der Waals surface area contributed by atoms with E-state index in [9.17, 15) is 0 Å². The van der Waals surface area contributed by atoms with Crippen LogP contribution >= 0.6 is 0 Å².